The van der Waals surface area contributed by atoms with Gasteiger partial charge in [-0.05, 0) is 51.1 Å². The van der Waals surface area contributed by atoms with Gasteiger partial charge in [-0.3, -0.25) is 4.79 Å². The van der Waals surface area contributed by atoms with Crippen LogP contribution in [0.5, 0.6) is 0 Å². The zero-order valence-electron chi connectivity index (χ0n) is 12.3. The van der Waals surface area contributed by atoms with Crippen molar-refractivity contribution >= 4 is 21.6 Å². The molecule has 1 atom stereocenters. The lowest BCUT2D eigenvalue weighted by Gasteiger charge is -2.22. The Morgan fingerprint density at radius 1 is 1.38 bits per heavy atom. The van der Waals surface area contributed by atoms with E-state index >= 15 is 0 Å². The van der Waals surface area contributed by atoms with E-state index in [1.165, 1.54) is 13.1 Å². The zero-order chi connectivity index (χ0) is 15.5. The third kappa shape index (κ3) is 3.61. The molecule has 1 aliphatic heterocycles. The quantitative estimate of drug-likeness (QED) is 0.769. The molecular weight excluding hydrogens is 290 g/mol. The summed E-state index contributed by atoms with van der Waals surface area (Å²) in [6.45, 7) is 3.30. The first kappa shape index (κ1) is 15.9. The van der Waals surface area contributed by atoms with Gasteiger partial charge in [-0.1, -0.05) is 6.07 Å². The molecule has 0 spiro atoms. The van der Waals surface area contributed by atoms with Crippen molar-refractivity contribution in [2.75, 3.05) is 25.5 Å². The Bertz CT molecular complexity index is 622. The van der Waals surface area contributed by atoms with E-state index in [0.717, 1.165) is 19.4 Å². The molecule has 1 fully saturated rings. The molecule has 0 radical (unpaired) electrons. The van der Waals surface area contributed by atoms with Crippen LogP contribution in [0.4, 0.5) is 5.69 Å². The van der Waals surface area contributed by atoms with Crippen molar-refractivity contribution in [1.82, 2.24) is 10.0 Å². The van der Waals surface area contributed by atoms with Crippen molar-refractivity contribution < 1.29 is 13.2 Å². The molecule has 1 aliphatic rings. The fraction of sp³-hybridized carbons (Fsp3) is 0.500. The number of amides is 1. The van der Waals surface area contributed by atoms with Crippen LogP contribution in [0.25, 0.3) is 0 Å². The molecule has 1 aromatic rings. The Balaban J connectivity index is 2.21. The Morgan fingerprint density at radius 2 is 2.14 bits per heavy atom. The minimum atomic E-state index is -3.53. The van der Waals surface area contributed by atoms with Gasteiger partial charge in [0, 0.05) is 12.2 Å². The Hall–Kier alpha value is -1.44. The topological polar surface area (TPSA) is 87.3 Å². The molecule has 6 nitrogen and oxygen atoms in total. The largest absolute Gasteiger partial charge is 0.326 e. The van der Waals surface area contributed by atoms with Crippen LogP contribution in [0.2, 0.25) is 0 Å². The van der Waals surface area contributed by atoms with E-state index < -0.39 is 10.0 Å². The van der Waals surface area contributed by atoms with Crippen LogP contribution in [-0.4, -0.2) is 34.5 Å². The van der Waals surface area contributed by atoms with Crippen molar-refractivity contribution in [3.63, 3.8) is 0 Å². The van der Waals surface area contributed by atoms with E-state index in [1.54, 1.807) is 19.1 Å². The van der Waals surface area contributed by atoms with Crippen LogP contribution in [0.1, 0.15) is 18.4 Å². The molecule has 116 valence electrons. The Kier molecular flexibility index (Phi) is 4.97. The van der Waals surface area contributed by atoms with Gasteiger partial charge in [-0.2, -0.15) is 0 Å². The number of hydrogen-bond acceptors (Lipinski definition) is 4. The predicted octanol–water partition coefficient (Wildman–Crippen LogP) is 0.841. The number of hydrogen-bond donors (Lipinski definition) is 3. The normalized spacial score (nSPS) is 19.2. The van der Waals surface area contributed by atoms with Crippen LogP contribution in [0.3, 0.4) is 0 Å². The molecule has 1 heterocycles. The fourth-order valence-electron chi connectivity index (χ4n) is 2.46. The summed E-state index contributed by atoms with van der Waals surface area (Å²) in [5, 5.41) is 6.04. The van der Waals surface area contributed by atoms with Crippen LogP contribution < -0.4 is 15.4 Å². The highest BCUT2D eigenvalue weighted by Gasteiger charge is 2.22. The van der Waals surface area contributed by atoms with Crippen molar-refractivity contribution in [3.8, 4) is 0 Å². The number of carbonyl (C=O) groups is 1. The van der Waals surface area contributed by atoms with Crippen molar-refractivity contribution in [3.05, 3.63) is 23.8 Å². The molecule has 21 heavy (non-hydrogen) atoms. The van der Waals surface area contributed by atoms with Gasteiger partial charge in [0.05, 0.1) is 10.8 Å². The first-order valence-electron chi connectivity index (χ1n) is 7.00. The van der Waals surface area contributed by atoms with Gasteiger partial charge in [0.25, 0.3) is 0 Å². The van der Waals surface area contributed by atoms with Gasteiger partial charge >= 0.3 is 0 Å². The van der Waals surface area contributed by atoms with Gasteiger partial charge in [0.2, 0.25) is 15.9 Å². The van der Waals surface area contributed by atoms with E-state index in [-0.39, 0.29) is 16.7 Å². The maximum Gasteiger partial charge on any atom is 0.240 e. The van der Waals surface area contributed by atoms with E-state index in [0.29, 0.717) is 17.8 Å². The number of rotatable bonds is 4. The lowest BCUT2D eigenvalue weighted by molar-refractivity contribution is -0.120. The first-order chi connectivity index (χ1) is 9.95. The van der Waals surface area contributed by atoms with Gasteiger partial charge in [-0.15, -0.1) is 0 Å². The Morgan fingerprint density at radius 3 is 2.76 bits per heavy atom. The fourth-order valence-corrected chi connectivity index (χ4v) is 3.45. The summed E-state index contributed by atoms with van der Waals surface area (Å²) in [5.74, 6) is -0.132. The highest BCUT2D eigenvalue weighted by atomic mass is 32.2. The molecule has 1 unspecified atom stereocenters. The second-order valence-corrected chi connectivity index (χ2v) is 7.02. The molecule has 2 rings (SSSR count). The lowest BCUT2D eigenvalue weighted by Crippen LogP contribution is -2.37. The second kappa shape index (κ2) is 6.55. The third-order valence-electron chi connectivity index (χ3n) is 3.77. The number of benzene rings is 1. The van der Waals surface area contributed by atoms with Gasteiger partial charge in [0.15, 0.2) is 0 Å². The van der Waals surface area contributed by atoms with Crippen molar-refractivity contribution in [2.45, 2.75) is 24.7 Å². The second-order valence-electron chi connectivity index (χ2n) is 5.17. The summed E-state index contributed by atoms with van der Waals surface area (Å²) in [6, 6.07) is 4.88. The minimum absolute atomic E-state index is 0.0655. The average Bonchev–Trinajstić information content (AvgIpc) is 2.50. The molecule has 1 aromatic carbocycles. The molecule has 3 N–H and O–H groups in total. The first-order valence-corrected chi connectivity index (χ1v) is 8.49. The van der Waals surface area contributed by atoms with E-state index in [4.69, 9.17) is 0 Å². The van der Waals surface area contributed by atoms with E-state index in [2.05, 4.69) is 15.4 Å². The molecule has 0 saturated carbocycles. The monoisotopic (exact) mass is 311 g/mol. The maximum absolute atomic E-state index is 12.2. The highest BCUT2D eigenvalue weighted by molar-refractivity contribution is 7.89. The minimum Gasteiger partial charge on any atom is -0.326 e. The number of nitrogens with one attached hydrogen (secondary N) is 3. The summed E-state index contributed by atoms with van der Waals surface area (Å²) >= 11 is 0. The third-order valence-corrected chi connectivity index (χ3v) is 5.33. The Labute approximate surface area is 125 Å². The van der Waals surface area contributed by atoms with Gasteiger partial charge < -0.3 is 10.6 Å². The lowest BCUT2D eigenvalue weighted by atomic mass is 9.98. The van der Waals surface area contributed by atoms with Crippen LogP contribution in [0, 0.1) is 12.8 Å². The van der Waals surface area contributed by atoms with Gasteiger partial charge in [0.1, 0.15) is 0 Å². The molecule has 1 saturated heterocycles. The molecular formula is C14H21N3O3S. The molecule has 0 aliphatic carbocycles. The highest BCUT2D eigenvalue weighted by Crippen LogP contribution is 2.24. The zero-order valence-corrected chi connectivity index (χ0v) is 13.1. The number of anilines is 1. The predicted molar refractivity (Wildman–Crippen MR) is 81.6 cm³/mol. The van der Waals surface area contributed by atoms with Crippen LogP contribution in [-0.2, 0) is 14.8 Å². The SMILES string of the molecule is CNS(=O)(=O)c1cccc(NC(=O)C2CCCNC2)c1C. The molecule has 7 heteroatoms. The average molecular weight is 311 g/mol. The van der Waals surface area contributed by atoms with Crippen LogP contribution >= 0.6 is 0 Å². The van der Waals surface area contributed by atoms with E-state index in [1.807, 2.05) is 0 Å². The van der Waals surface area contributed by atoms with Crippen LogP contribution in [0.15, 0.2) is 23.1 Å². The van der Waals surface area contributed by atoms with Gasteiger partial charge in [-0.25, -0.2) is 13.1 Å². The summed E-state index contributed by atoms with van der Waals surface area (Å²) in [4.78, 5) is 12.4. The summed E-state index contributed by atoms with van der Waals surface area (Å²) in [6.07, 6.45) is 1.83. The number of piperidine rings is 1. The maximum atomic E-state index is 12.2. The smallest absolute Gasteiger partial charge is 0.240 e. The number of carbonyl (C=O) groups excluding carboxylic acids is 1. The summed E-state index contributed by atoms with van der Waals surface area (Å²) in [7, 11) is -2.16. The standard InChI is InChI=1S/C14H21N3O3S/c1-10-12(6-3-7-13(10)21(19,20)15-2)17-14(18)11-5-4-8-16-9-11/h3,6-7,11,15-16H,4-5,8-9H2,1-2H3,(H,17,18). The molecule has 0 bridgehead atoms. The molecule has 1 amide bonds. The van der Waals surface area contributed by atoms with E-state index in [9.17, 15) is 13.2 Å². The van der Waals surface area contributed by atoms with Crippen molar-refractivity contribution in [2.24, 2.45) is 5.92 Å². The number of sulfonamides is 1. The summed E-state index contributed by atoms with van der Waals surface area (Å²) in [5.41, 5.74) is 1.09. The summed E-state index contributed by atoms with van der Waals surface area (Å²) < 4.78 is 26.1. The molecule has 0 aromatic heterocycles. The van der Waals surface area contributed by atoms with Crippen molar-refractivity contribution in [1.29, 1.82) is 0 Å².